The second-order valence-electron chi connectivity index (χ2n) is 6.34. The van der Waals surface area contributed by atoms with Gasteiger partial charge in [-0.1, -0.05) is 26.0 Å². The zero-order valence-corrected chi connectivity index (χ0v) is 19.6. The lowest BCUT2D eigenvalue weighted by Crippen LogP contribution is -2.49. The number of nitrogens with one attached hydrogen (secondary N) is 2. The van der Waals surface area contributed by atoms with E-state index in [4.69, 9.17) is 0 Å². The highest BCUT2D eigenvalue weighted by molar-refractivity contribution is 14.0. The molecule has 26 heavy (non-hydrogen) atoms. The van der Waals surface area contributed by atoms with Gasteiger partial charge in [-0.25, -0.2) is 4.98 Å². The zero-order valence-electron chi connectivity index (χ0n) is 16.5. The van der Waals surface area contributed by atoms with Crippen LogP contribution >= 0.6 is 35.3 Å². The van der Waals surface area contributed by atoms with Crippen LogP contribution in [0, 0.1) is 12.8 Å². The van der Waals surface area contributed by atoms with Crippen molar-refractivity contribution in [3.63, 3.8) is 0 Å². The molecule has 0 saturated carbocycles. The third-order valence-electron chi connectivity index (χ3n) is 3.97. The van der Waals surface area contributed by atoms with Crippen molar-refractivity contribution in [3.05, 3.63) is 41.4 Å². The summed E-state index contributed by atoms with van der Waals surface area (Å²) >= 11 is 1.75. The van der Waals surface area contributed by atoms with Crippen LogP contribution in [0.4, 0.5) is 0 Å². The molecule has 0 fully saturated rings. The number of nitrogens with zero attached hydrogens (tertiary/aromatic N) is 3. The SMILES string of the molecule is C=CCN(CC=C)C(CNC(=NC)NCCc1ncc(C)s1)C(C)C.I. The number of aryl methyl sites for hydroxylation is 1. The molecule has 0 saturated heterocycles. The van der Waals surface area contributed by atoms with E-state index in [-0.39, 0.29) is 24.0 Å². The molecule has 0 aromatic carbocycles. The Balaban J connectivity index is 0.00000625. The highest BCUT2D eigenvalue weighted by Crippen LogP contribution is 2.11. The predicted octanol–water partition coefficient (Wildman–Crippen LogP) is 3.48. The van der Waals surface area contributed by atoms with Gasteiger partial charge in [-0.2, -0.15) is 0 Å². The Bertz CT molecular complexity index is 546. The minimum absolute atomic E-state index is 0. The average molecular weight is 491 g/mol. The maximum Gasteiger partial charge on any atom is 0.191 e. The first-order chi connectivity index (χ1) is 12.0. The molecule has 5 nitrogen and oxygen atoms in total. The van der Waals surface area contributed by atoms with Gasteiger partial charge in [0.1, 0.15) is 0 Å². The second kappa shape index (κ2) is 14.2. The fourth-order valence-corrected chi connectivity index (χ4v) is 3.48. The summed E-state index contributed by atoms with van der Waals surface area (Å²) in [6.45, 7) is 17.7. The molecule has 1 unspecified atom stereocenters. The summed E-state index contributed by atoms with van der Waals surface area (Å²) in [6, 6.07) is 0.385. The van der Waals surface area contributed by atoms with Gasteiger partial charge in [-0.05, 0) is 12.8 Å². The van der Waals surface area contributed by atoms with Crippen molar-refractivity contribution >= 4 is 41.3 Å². The van der Waals surface area contributed by atoms with Gasteiger partial charge in [0, 0.05) is 56.8 Å². The lowest BCUT2D eigenvalue weighted by atomic mass is 10.0. The van der Waals surface area contributed by atoms with Crippen molar-refractivity contribution in [2.45, 2.75) is 33.2 Å². The summed E-state index contributed by atoms with van der Waals surface area (Å²) in [5, 5.41) is 7.98. The Morgan fingerprint density at radius 1 is 1.31 bits per heavy atom. The van der Waals surface area contributed by atoms with Gasteiger partial charge in [-0.3, -0.25) is 9.89 Å². The topological polar surface area (TPSA) is 52.5 Å². The highest BCUT2D eigenvalue weighted by Gasteiger charge is 2.20. The standard InChI is InChI=1S/C19H33N5S.HI/c1-7-11-24(12-8-2)17(15(3)4)14-23-19(20-6)21-10-9-18-22-13-16(5)25-18;/h7-8,13,15,17H,1-2,9-12,14H2,3-6H3,(H2,20,21,23);1H. The molecule has 0 aliphatic rings. The largest absolute Gasteiger partial charge is 0.356 e. The number of guanidine groups is 1. The van der Waals surface area contributed by atoms with Crippen molar-refractivity contribution in [2.24, 2.45) is 10.9 Å². The van der Waals surface area contributed by atoms with Gasteiger partial charge in [0.15, 0.2) is 5.96 Å². The number of aliphatic imine (C=N–C) groups is 1. The van der Waals surface area contributed by atoms with E-state index < -0.39 is 0 Å². The van der Waals surface area contributed by atoms with Crippen LogP contribution in [-0.2, 0) is 6.42 Å². The minimum atomic E-state index is 0. The fraction of sp³-hybridized carbons (Fsp3) is 0.579. The highest BCUT2D eigenvalue weighted by atomic mass is 127. The van der Waals surface area contributed by atoms with E-state index in [9.17, 15) is 0 Å². The van der Waals surface area contributed by atoms with E-state index >= 15 is 0 Å². The molecule has 1 aromatic heterocycles. The number of hydrogen-bond donors (Lipinski definition) is 2. The van der Waals surface area contributed by atoms with Crippen LogP contribution in [0.2, 0.25) is 0 Å². The van der Waals surface area contributed by atoms with Crippen LogP contribution < -0.4 is 10.6 Å². The van der Waals surface area contributed by atoms with Crippen molar-refractivity contribution in [1.82, 2.24) is 20.5 Å². The molecule has 1 rings (SSSR count). The molecular formula is C19H34IN5S. The van der Waals surface area contributed by atoms with Gasteiger partial charge in [0.25, 0.3) is 0 Å². The van der Waals surface area contributed by atoms with Crippen LogP contribution in [-0.4, -0.2) is 55.1 Å². The van der Waals surface area contributed by atoms with Crippen molar-refractivity contribution in [2.75, 3.05) is 33.2 Å². The molecule has 7 heteroatoms. The summed E-state index contributed by atoms with van der Waals surface area (Å²) in [7, 11) is 1.80. The third kappa shape index (κ3) is 9.14. The summed E-state index contributed by atoms with van der Waals surface area (Å²) < 4.78 is 0. The normalized spacial score (nSPS) is 12.6. The molecule has 1 aromatic rings. The number of hydrogen-bond acceptors (Lipinski definition) is 4. The van der Waals surface area contributed by atoms with Crippen LogP contribution in [0.15, 0.2) is 36.5 Å². The fourth-order valence-electron chi connectivity index (χ4n) is 2.69. The van der Waals surface area contributed by atoms with E-state index in [1.165, 1.54) is 4.88 Å². The molecule has 1 atom stereocenters. The Kier molecular flexibility index (Phi) is 13.7. The molecule has 0 aliphatic heterocycles. The molecule has 148 valence electrons. The molecule has 1 heterocycles. The summed E-state index contributed by atoms with van der Waals surface area (Å²) in [6.07, 6.45) is 6.73. The number of aromatic nitrogens is 1. The molecule has 0 bridgehead atoms. The average Bonchev–Trinajstić information content (AvgIpc) is 2.98. The zero-order chi connectivity index (χ0) is 18.7. The van der Waals surface area contributed by atoms with Crippen LogP contribution in [0.1, 0.15) is 23.7 Å². The lowest BCUT2D eigenvalue weighted by Gasteiger charge is -2.33. The Hall–Kier alpha value is -0.930. The lowest BCUT2D eigenvalue weighted by molar-refractivity contribution is 0.190. The number of thiazole rings is 1. The van der Waals surface area contributed by atoms with E-state index in [1.54, 1.807) is 18.4 Å². The Labute approximate surface area is 180 Å². The van der Waals surface area contributed by atoms with E-state index in [2.05, 4.69) is 59.4 Å². The maximum absolute atomic E-state index is 4.39. The molecule has 0 aliphatic carbocycles. The first-order valence-electron chi connectivity index (χ1n) is 8.83. The van der Waals surface area contributed by atoms with Gasteiger partial charge < -0.3 is 10.6 Å². The summed E-state index contributed by atoms with van der Waals surface area (Å²) in [4.78, 5) is 12.3. The van der Waals surface area contributed by atoms with Gasteiger partial charge in [0.2, 0.25) is 0 Å². The number of rotatable bonds is 11. The van der Waals surface area contributed by atoms with Crippen molar-refractivity contribution in [1.29, 1.82) is 0 Å². The maximum atomic E-state index is 4.39. The van der Waals surface area contributed by atoms with Crippen molar-refractivity contribution < 1.29 is 0 Å². The smallest absolute Gasteiger partial charge is 0.191 e. The van der Waals surface area contributed by atoms with Crippen molar-refractivity contribution in [3.8, 4) is 0 Å². The van der Waals surface area contributed by atoms with Crippen LogP contribution in [0.25, 0.3) is 0 Å². The van der Waals surface area contributed by atoms with Gasteiger partial charge in [0.05, 0.1) is 5.01 Å². The predicted molar refractivity (Wildman–Crippen MR) is 126 cm³/mol. The van der Waals surface area contributed by atoms with Crippen LogP contribution in [0.5, 0.6) is 0 Å². The van der Waals surface area contributed by atoms with E-state index in [0.717, 1.165) is 43.6 Å². The summed E-state index contributed by atoms with van der Waals surface area (Å²) in [5.74, 6) is 1.35. The molecule has 0 spiro atoms. The third-order valence-corrected chi connectivity index (χ3v) is 4.94. The van der Waals surface area contributed by atoms with Crippen LogP contribution in [0.3, 0.4) is 0 Å². The monoisotopic (exact) mass is 491 g/mol. The molecule has 0 amide bonds. The molecule has 2 N–H and O–H groups in total. The number of halogens is 1. The first-order valence-corrected chi connectivity index (χ1v) is 9.65. The first kappa shape index (κ1) is 25.1. The van der Waals surface area contributed by atoms with Gasteiger partial charge >= 0.3 is 0 Å². The molecule has 0 radical (unpaired) electrons. The quantitative estimate of drug-likeness (QED) is 0.216. The Morgan fingerprint density at radius 2 is 1.96 bits per heavy atom. The minimum Gasteiger partial charge on any atom is -0.356 e. The van der Waals surface area contributed by atoms with E-state index in [0.29, 0.717) is 12.0 Å². The Morgan fingerprint density at radius 3 is 2.42 bits per heavy atom. The van der Waals surface area contributed by atoms with E-state index in [1.807, 2.05) is 18.3 Å². The molecular weight excluding hydrogens is 457 g/mol. The summed E-state index contributed by atoms with van der Waals surface area (Å²) in [5.41, 5.74) is 0. The van der Waals surface area contributed by atoms with Gasteiger partial charge in [-0.15, -0.1) is 48.5 Å². The second-order valence-corrected chi connectivity index (χ2v) is 7.66.